The van der Waals surface area contributed by atoms with E-state index in [2.05, 4.69) is 44.1 Å². The molecule has 2 rings (SSSR count). The van der Waals surface area contributed by atoms with Gasteiger partial charge in [-0.3, -0.25) is 4.79 Å². The van der Waals surface area contributed by atoms with Gasteiger partial charge in [0.1, 0.15) is 5.75 Å². The number of amides is 1. The minimum Gasteiger partial charge on any atom is -0.483 e. The minimum atomic E-state index is -0.0473. The molecule has 1 aromatic rings. The van der Waals surface area contributed by atoms with Crippen molar-refractivity contribution in [2.75, 3.05) is 6.61 Å². The van der Waals surface area contributed by atoms with E-state index in [1.54, 1.807) is 0 Å². The molecule has 1 aromatic carbocycles. The molecule has 0 heterocycles. The van der Waals surface area contributed by atoms with Gasteiger partial charge in [-0.15, -0.1) is 0 Å². The number of ether oxygens (including phenoxy) is 1. The minimum absolute atomic E-state index is 0.0473. The highest BCUT2D eigenvalue weighted by molar-refractivity contribution is 9.11. The molecule has 104 valence electrons. The van der Waals surface area contributed by atoms with Gasteiger partial charge in [-0.1, -0.05) is 22.9 Å². The number of carbonyl (C=O) groups excluding carboxylic acids is 1. The largest absolute Gasteiger partial charge is 0.483 e. The molecule has 1 saturated carbocycles. The summed E-state index contributed by atoms with van der Waals surface area (Å²) in [6.45, 7) is 2.28. The molecule has 0 aromatic heterocycles. The lowest BCUT2D eigenvalue weighted by Gasteiger charge is -2.13. The third-order valence-electron chi connectivity index (χ3n) is 3.31. The van der Waals surface area contributed by atoms with Crippen molar-refractivity contribution in [3.05, 3.63) is 27.1 Å². The Kier molecular flexibility index (Phi) is 5.28. The van der Waals surface area contributed by atoms with E-state index >= 15 is 0 Å². The van der Waals surface area contributed by atoms with Crippen molar-refractivity contribution >= 4 is 37.8 Å². The van der Waals surface area contributed by atoms with Gasteiger partial charge in [0.15, 0.2) is 6.61 Å². The van der Waals surface area contributed by atoms with Gasteiger partial charge >= 0.3 is 0 Å². The number of carbonyl (C=O) groups is 1. The van der Waals surface area contributed by atoms with Crippen LogP contribution in [-0.4, -0.2) is 18.6 Å². The Balaban J connectivity index is 1.80. The molecule has 5 heteroatoms. The van der Waals surface area contributed by atoms with Gasteiger partial charge in [0.05, 0.1) is 4.47 Å². The van der Waals surface area contributed by atoms with Crippen LogP contribution in [0.2, 0.25) is 0 Å². The first-order valence-electron chi connectivity index (χ1n) is 6.42. The highest BCUT2D eigenvalue weighted by Gasteiger charge is 2.22. The topological polar surface area (TPSA) is 38.3 Å². The molecule has 0 radical (unpaired) electrons. The van der Waals surface area contributed by atoms with Crippen LogP contribution in [0.15, 0.2) is 27.1 Å². The van der Waals surface area contributed by atoms with Crippen molar-refractivity contribution in [3.63, 3.8) is 0 Å². The van der Waals surface area contributed by atoms with Crippen LogP contribution in [0.3, 0.4) is 0 Å². The Bertz CT molecular complexity index is 465. The van der Waals surface area contributed by atoms with Gasteiger partial charge in [0.2, 0.25) is 0 Å². The normalized spacial score (nSPS) is 22.3. The van der Waals surface area contributed by atoms with Gasteiger partial charge in [-0.05, 0) is 59.3 Å². The van der Waals surface area contributed by atoms with Crippen molar-refractivity contribution in [2.45, 2.75) is 32.2 Å². The smallest absolute Gasteiger partial charge is 0.258 e. The van der Waals surface area contributed by atoms with Gasteiger partial charge in [0.25, 0.3) is 5.91 Å². The first kappa shape index (κ1) is 14.9. The molecule has 1 N–H and O–H groups in total. The number of hydrogen-bond acceptors (Lipinski definition) is 2. The molecule has 2 unspecified atom stereocenters. The second-order valence-electron chi connectivity index (χ2n) is 5.05. The van der Waals surface area contributed by atoms with E-state index in [9.17, 15) is 4.79 Å². The van der Waals surface area contributed by atoms with Crippen LogP contribution < -0.4 is 10.1 Å². The zero-order valence-electron chi connectivity index (χ0n) is 10.8. The average molecular weight is 391 g/mol. The van der Waals surface area contributed by atoms with E-state index in [0.29, 0.717) is 17.7 Å². The Morgan fingerprint density at radius 2 is 2.21 bits per heavy atom. The van der Waals surface area contributed by atoms with Gasteiger partial charge in [0, 0.05) is 10.5 Å². The molecule has 1 aliphatic rings. The SMILES string of the molecule is CC1CCC(NC(=O)COc2ccc(Br)cc2Br)C1. The molecule has 1 amide bonds. The van der Waals surface area contributed by atoms with Crippen LogP contribution in [0.1, 0.15) is 26.2 Å². The zero-order chi connectivity index (χ0) is 13.8. The zero-order valence-corrected chi connectivity index (χ0v) is 14.0. The Hall–Kier alpha value is -0.550. The first-order valence-corrected chi connectivity index (χ1v) is 8.00. The maximum Gasteiger partial charge on any atom is 0.258 e. The number of rotatable bonds is 4. The predicted molar refractivity (Wildman–Crippen MR) is 82.3 cm³/mol. The van der Waals surface area contributed by atoms with Crippen molar-refractivity contribution in [1.82, 2.24) is 5.32 Å². The van der Waals surface area contributed by atoms with E-state index < -0.39 is 0 Å². The highest BCUT2D eigenvalue weighted by Crippen LogP contribution is 2.28. The molecule has 0 saturated heterocycles. The van der Waals surface area contributed by atoms with Crippen LogP contribution >= 0.6 is 31.9 Å². The van der Waals surface area contributed by atoms with E-state index in [0.717, 1.165) is 21.8 Å². The monoisotopic (exact) mass is 389 g/mol. The van der Waals surface area contributed by atoms with Gasteiger partial charge < -0.3 is 10.1 Å². The van der Waals surface area contributed by atoms with Crippen molar-refractivity contribution in [3.8, 4) is 5.75 Å². The average Bonchev–Trinajstić information content (AvgIpc) is 2.73. The van der Waals surface area contributed by atoms with E-state index in [1.807, 2.05) is 18.2 Å². The predicted octanol–water partition coefficient (Wildman–Crippen LogP) is 3.90. The summed E-state index contributed by atoms with van der Waals surface area (Å²) in [5.41, 5.74) is 0. The molecular weight excluding hydrogens is 374 g/mol. The Morgan fingerprint density at radius 1 is 1.42 bits per heavy atom. The lowest BCUT2D eigenvalue weighted by Crippen LogP contribution is -2.36. The first-order chi connectivity index (χ1) is 9.04. The van der Waals surface area contributed by atoms with E-state index in [4.69, 9.17) is 4.74 Å². The molecule has 0 bridgehead atoms. The summed E-state index contributed by atoms with van der Waals surface area (Å²) >= 11 is 6.78. The van der Waals surface area contributed by atoms with Crippen LogP contribution in [0.25, 0.3) is 0 Å². The molecule has 0 spiro atoms. The number of nitrogens with one attached hydrogen (secondary N) is 1. The van der Waals surface area contributed by atoms with E-state index in [1.165, 1.54) is 6.42 Å². The van der Waals surface area contributed by atoms with Crippen molar-refractivity contribution < 1.29 is 9.53 Å². The Morgan fingerprint density at radius 3 is 2.84 bits per heavy atom. The molecule has 3 nitrogen and oxygen atoms in total. The third-order valence-corrected chi connectivity index (χ3v) is 4.43. The van der Waals surface area contributed by atoms with Gasteiger partial charge in [-0.25, -0.2) is 0 Å². The maximum atomic E-state index is 11.8. The lowest BCUT2D eigenvalue weighted by atomic mass is 10.1. The number of halogens is 2. The standard InChI is InChI=1S/C14H17Br2NO2/c1-9-2-4-11(6-9)17-14(18)8-19-13-5-3-10(15)7-12(13)16/h3,5,7,9,11H,2,4,6,8H2,1H3,(H,17,18). The molecule has 2 atom stereocenters. The molecule has 19 heavy (non-hydrogen) atoms. The molecule has 1 aliphatic carbocycles. The van der Waals surface area contributed by atoms with Crippen LogP contribution in [0, 0.1) is 5.92 Å². The van der Waals surface area contributed by atoms with Crippen molar-refractivity contribution in [1.29, 1.82) is 0 Å². The van der Waals surface area contributed by atoms with Crippen LogP contribution in [0.5, 0.6) is 5.75 Å². The van der Waals surface area contributed by atoms with Crippen LogP contribution in [-0.2, 0) is 4.79 Å². The summed E-state index contributed by atoms with van der Waals surface area (Å²) in [7, 11) is 0. The number of benzene rings is 1. The highest BCUT2D eigenvalue weighted by atomic mass is 79.9. The lowest BCUT2D eigenvalue weighted by molar-refractivity contribution is -0.123. The van der Waals surface area contributed by atoms with Crippen molar-refractivity contribution in [2.24, 2.45) is 5.92 Å². The maximum absolute atomic E-state index is 11.8. The summed E-state index contributed by atoms with van der Waals surface area (Å²) in [4.78, 5) is 11.8. The fourth-order valence-corrected chi connectivity index (χ4v) is 3.50. The third kappa shape index (κ3) is 4.49. The van der Waals surface area contributed by atoms with Crippen LogP contribution in [0.4, 0.5) is 0 Å². The molecule has 0 aliphatic heterocycles. The summed E-state index contributed by atoms with van der Waals surface area (Å²) in [6.07, 6.45) is 3.35. The molecular formula is C14H17Br2NO2. The summed E-state index contributed by atoms with van der Waals surface area (Å²) in [6, 6.07) is 5.93. The fraction of sp³-hybridized carbons (Fsp3) is 0.500. The molecule has 1 fully saturated rings. The van der Waals surface area contributed by atoms with Gasteiger partial charge in [-0.2, -0.15) is 0 Å². The second-order valence-corrected chi connectivity index (χ2v) is 6.82. The Labute approximate surface area is 130 Å². The van der Waals surface area contributed by atoms with E-state index in [-0.39, 0.29) is 12.5 Å². The quantitative estimate of drug-likeness (QED) is 0.846. The summed E-state index contributed by atoms with van der Waals surface area (Å²) in [5, 5.41) is 3.02. The second kappa shape index (κ2) is 6.75. The number of hydrogen-bond donors (Lipinski definition) is 1. The summed E-state index contributed by atoms with van der Waals surface area (Å²) < 4.78 is 7.32. The fourth-order valence-electron chi connectivity index (χ4n) is 2.34. The summed E-state index contributed by atoms with van der Waals surface area (Å²) in [5.74, 6) is 1.35.